The molecule has 4 heteroatoms. The smallest absolute Gasteiger partial charge is 0.161 e. The molecule has 0 atom stereocenters. The van der Waals surface area contributed by atoms with E-state index in [9.17, 15) is 4.39 Å². The molecule has 1 aromatic rings. The van der Waals surface area contributed by atoms with E-state index in [1.807, 2.05) is 0 Å². The van der Waals surface area contributed by atoms with Gasteiger partial charge >= 0.3 is 0 Å². The van der Waals surface area contributed by atoms with Gasteiger partial charge in [-0.2, -0.15) is 0 Å². The lowest BCUT2D eigenvalue weighted by Gasteiger charge is -1.92. The molecule has 0 unspecified atom stereocenters. The summed E-state index contributed by atoms with van der Waals surface area (Å²) in [6.45, 7) is 0. The van der Waals surface area contributed by atoms with Crippen molar-refractivity contribution >= 4 is 23.2 Å². The Labute approximate surface area is 61.4 Å². The highest BCUT2D eigenvalue weighted by Crippen LogP contribution is 2.22. The van der Waals surface area contributed by atoms with E-state index in [1.165, 1.54) is 6.20 Å². The highest BCUT2D eigenvalue weighted by Gasteiger charge is 2.01. The minimum atomic E-state index is -0.593. The molecule has 1 heterocycles. The fraction of sp³-hybridized carbons (Fsp3) is 0. The lowest BCUT2D eigenvalue weighted by Crippen LogP contribution is -1.79. The van der Waals surface area contributed by atoms with Crippen LogP contribution in [-0.2, 0) is 0 Å². The summed E-state index contributed by atoms with van der Waals surface area (Å²) in [5.41, 5.74) is 0. The first-order chi connectivity index (χ1) is 4.22. The first-order valence-electron chi connectivity index (χ1n) is 2.16. The Kier molecular flexibility index (Phi) is 1.88. The largest absolute Gasteiger partial charge is 0.260 e. The van der Waals surface area contributed by atoms with Gasteiger partial charge in [-0.05, 0) is 0 Å². The number of rotatable bonds is 0. The number of nitrogens with zero attached hydrogens (tertiary/aromatic N) is 1. The quantitative estimate of drug-likeness (QED) is 0.576. The van der Waals surface area contributed by atoms with E-state index in [0.717, 1.165) is 6.20 Å². The standard InChI is InChI=1S/C5H2Cl2FN/c6-3-1-9-2-4(8)5(3)7/h1-2H. The monoisotopic (exact) mass is 165 g/mol. The van der Waals surface area contributed by atoms with Crippen LogP contribution in [0.2, 0.25) is 10.0 Å². The molecule has 1 aromatic heterocycles. The van der Waals surface area contributed by atoms with Crippen molar-refractivity contribution in [2.75, 3.05) is 0 Å². The summed E-state index contributed by atoms with van der Waals surface area (Å²) in [6.07, 6.45) is 2.29. The molecule has 0 spiro atoms. The Morgan fingerprint density at radius 2 is 2.00 bits per heavy atom. The number of hydrogen-bond donors (Lipinski definition) is 0. The van der Waals surface area contributed by atoms with Crippen LogP contribution in [0.3, 0.4) is 0 Å². The fourth-order valence-electron chi connectivity index (χ4n) is 0.396. The summed E-state index contributed by atoms with van der Waals surface area (Å²) in [7, 11) is 0. The van der Waals surface area contributed by atoms with Crippen molar-refractivity contribution in [3.8, 4) is 0 Å². The van der Waals surface area contributed by atoms with E-state index in [4.69, 9.17) is 23.2 Å². The molecule has 1 rings (SSSR count). The summed E-state index contributed by atoms with van der Waals surface area (Å²) in [4.78, 5) is 3.45. The average Bonchev–Trinajstić information content (AvgIpc) is 1.83. The van der Waals surface area contributed by atoms with Crippen LogP contribution < -0.4 is 0 Å². The van der Waals surface area contributed by atoms with Crippen LogP contribution in [0.5, 0.6) is 0 Å². The van der Waals surface area contributed by atoms with E-state index in [1.54, 1.807) is 0 Å². The van der Waals surface area contributed by atoms with Gasteiger partial charge in [-0.1, -0.05) is 23.2 Å². The molecule has 0 aromatic carbocycles. The van der Waals surface area contributed by atoms with E-state index < -0.39 is 5.82 Å². The van der Waals surface area contributed by atoms with E-state index in [2.05, 4.69) is 4.98 Å². The van der Waals surface area contributed by atoms with Crippen LogP contribution in [0, 0.1) is 5.82 Å². The normalized spacial score (nSPS) is 9.67. The summed E-state index contributed by atoms with van der Waals surface area (Å²) in [5.74, 6) is -0.593. The third kappa shape index (κ3) is 1.32. The van der Waals surface area contributed by atoms with Crippen LogP contribution in [0.1, 0.15) is 0 Å². The van der Waals surface area contributed by atoms with Gasteiger partial charge in [0.05, 0.1) is 16.2 Å². The maximum atomic E-state index is 12.3. The Morgan fingerprint density at radius 1 is 1.33 bits per heavy atom. The molecule has 0 saturated heterocycles. The van der Waals surface area contributed by atoms with Gasteiger partial charge in [0, 0.05) is 6.20 Å². The number of halogens is 3. The highest BCUT2D eigenvalue weighted by atomic mass is 35.5. The lowest BCUT2D eigenvalue weighted by atomic mass is 10.5. The summed E-state index contributed by atoms with van der Waals surface area (Å²) >= 11 is 10.7. The van der Waals surface area contributed by atoms with Crippen LogP contribution in [0.15, 0.2) is 12.4 Å². The zero-order valence-electron chi connectivity index (χ0n) is 4.24. The minimum Gasteiger partial charge on any atom is -0.260 e. The van der Waals surface area contributed by atoms with Crippen molar-refractivity contribution < 1.29 is 4.39 Å². The molecule has 0 saturated carbocycles. The molecule has 0 amide bonds. The second-order valence-electron chi connectivity index (χ2n) is 1.42. The zero-order valence-corrected chi connectivity index (χ0v) is 5.75. The van der Waals surface area contributed by atoms with Crippen molar-refractivity contribution in [1.82, 2.24) is 4.98 Å². The summed E-state index contributed by atoms with van der Waals surface area (Å²) in [5, 5.41) is 0.0586. The summed E-state index contributed by atoms with van der Waals surface area (Å²) in [6, 6.07) is 0. The molecule has 0 aliphatic carbocycles. The fourth-order valence-corrected chi connectivity index (χ4v) is 0.640. The van der Waals surface area contributed by atoms with Crippen molar-refractivity contribution in [2.24, 2.45) is 0 Å². The predicted molar refractivity (Wildman–Crippen MR) is 34.2 cm³/mol. The molecule has 0 N–H and O–H groups in total. The Morgan fingerprint density at radius 3 is 2.44 bits per heavy atom. The van der Waals surface area contributed by atoms with Crippen molar-refractivity contribution in [3.63, 3.8) is 0 Å². The van der Waals surface area contributed by atoms with Gasteiger partial charge in [-0.15, -0.1) is 0 Å². The van der Waals surface area contributed by atoms with Gasteiger partial charge < -0.3 is 0 Å². The van der Waals surface area contributed by atoms with Crippen molar-refractivity contribution in [1.29, 1.82) is 0 Å². The molecule has 0 aliphatic rings. The molecule has 48 valence electrons. The molecule has 0 aliphatic heterocycles. The Hall–Kier alpha value is -0.340. The number of aromatic nitrogens is 1. The third-order valence-corrected chi connectivity index (χ3v) is 1.56. The third-order valence-electron chi connectivity index (χ3n) is 0.795. The molecular weight excluding hydrogens is 164 g/mol. The predicted octanol–water partition coefficient (Wildman–Crippen LogP) is 2.53. The Bertz CT molecular complexity index is 206. The van der Waals surface area contributed by atoms with Gasteiger partial charge in [-0.3, -0.25) is 4.98 Å². The second kappa shape index (κ2) is 2.50. The molecule has 9 heavy (non-hydrogen) atoms. The van der Waals surface area contributed by atoms with Gasteiger partial charge in [0.1, 0.15) is 0 Å². The maximum Gasteiger partial charge on any atom is 0.161 e. The number of pyridine rings is 1. The molecule has 0 fully saturated rings. The minimum absolute atomic E-state index is 0.0772. The topological polar surface area (TPSA) is 12.9 Å². The summed E-state index contributed by atoms with van der Waals surface area (Å²) < 4.78 is 12.3. The second-order valence-corrected chi connectivity index (χ2v) is 2.20. The van der Waals surface area contributed by atoms with Gasteiger partial charge in [0.25, 0.3) is 0 Å². The van der Waals surface area contributed by atoms with Gasteiger partial charge in [-0.25, -0.2) is 4.39 Å². The van der Waals surface area contributed by atoms with Crippen molar-refractivity contribution in [2.45, 2.75) is 0 Å². The van der Waals surface area contributed by atoms with E-state index >= 15 is 0 Å². The molecule has 1 nitrogen and oxygen atoms in total. The van der Waals surface area contributed by atoms with Crippen LogP contribution >= 0.6 is 23.2 Å². The van der Waals surface area contributed by atoms with Crippen molar-refractivity contribution in [3.05, 3.63) is 28.3 Å². The Balaban J connectivity index is 3.25. The average molecular weight is 166 g/mol. The lowest BCUT2D eigenvalue weighted by molar-refractivity contribution is 0.622. The van der Waals surface area contributed by atoms with Crippen LogP contribution in [0.25, 0.3) is 0 Å². The van der Waals surface area contributed by atoms with E-state index in [-0.39, 0.29) is 10.0 Å². The SMILES string of the molecule is Fc1cncc(Cl)c1Cl. The first kappa shape index (κ1) is 6.78. The molecule has 0 bridgehead atoms. The van der Waals surface area contributed by atoms with Gasteiger partial charge in [0.2, 0.25) is 0 Å². The maximum absolute atomic E-state index is 12.3. The molecular formula is C5H2Cl2FN. The van der Waals surface area contributed by atoms with Gasteiger partial charge in [0.15, 0.2) is 5.82 Å². The first-order valence-corrected chi connectivity index (χ1v) is 2.92. The highest BCUT2D eigenvalue weighted by molar-refractivity contribution is 6.41. The zero-order chi connectivity index (χ0) is 6.85. The van der Waals surface area contributed by atoms with Crippen LogP contribution in [0.4, 0.5) is 4.39 Å². The number of hydrogen-bond acceptors (Lipinski definition) is 1. The van der Waals surface area contributed by atoms with E-state index in [0.29, 0.717) is 0 Å². The molecule has 0 radical (unpaired) electrons. The van der Waals surface area contributed by atoms with Crippen LogP contribution in [-0.4, -0.2) is 4.98 Å².